The first-order valence-electron chi connectivity index (χ1n) is 9.92. The molecule has 28 heavy (non-hydrogen) atoms. The lowest BCUT2D eigenvalue weighted by atomic mass is 10.4. The minimum atomic E-state index is -0.578. The van der Waals surface area contributed by atoms with E-state index in [1.54, 1.807) is 0 Å². The van der Waals surface area contributed by atoms with Crippen molar-refractivity contribution in [1.29, 1.82) is 0 Å². The fraction of sp³-hybridized carbons (Fsp3) is 1.00. The maximum atomic E-state index is 5.60. The molecule has 0 atom stereocenters. The Balaban J connectivity index is 4.14. The van der Waals surface area contributed by atoms with Gasteiger partial charge in [-0.1, -0.05) is 0 Å². The summed E-state index contributed by atoms with van der Waals surface area (Å²) in [5.41, 5.74) is 0. The Labute approximate surface area is 185 Å². The van der Waals surface area contributed by atoms with E-state index in [-0.39, 0.29) is 0 Å². The fourth-order valence-electron chi connectivity index (χ4n) is 3.65. The third-order valence-corrected chi connectivity index (χ3v) is 19.7. The van der Waals surface area contributed by atoms with Gasteiger partial charge < -0.3 is 37.2 Å². The Morgan fingerprint density at radius 2 is 0.714 bits per heavy atom. The summed E-state index contributed by atoms with van der Waals surface area (Å²) >= 11 is 0. The molecule has 0 aliphatic heterocycles. The van der Waals surface area contributed by atoms with Crippen molar-refractivity contribution in [1.82, 2.24) is 10.6 Å². The molecular formula is C14H44N2O6Si6. The molecule has 0 aromatic heterocycles. The Morgan fingerprint density at radius 1 is 0.464 bits per heavy atom. The standard InChI is InChI=1S/C14H44N2O6Si6/c1-17-23-13(24-18-2,25-19-3)7-9-15-11-12-16-10-8-14(26-20-4,27-21-5)28-22-6/h15-16H,7-12,23-28H2,1-6H3. The van der Waals surface area contributed by atoms with Crippen molar-refractivity contribution in [2.24, 2.45) is 0 Å². The van der Waals surface area contributed by atoms with E-state index in [9.17, 15) is 0 Å². The lowest BCUT2D eigenvalue weighted by Gasteiger charge is -2.30. The van der Waals surface area contributed by atoms with Crippen molar-refractivity contribution >= 4 is 58.6 Å². The van der Waals surface area contributed by atoms with Gasteiger partial charge in [0.1, 0.15) is 0 Å². The molecule has 0 fully saturated rings. The van der Waals surface area contributed by atoms with Gasteiger partial charge in [0.05, 0.1) is 0 Å². The van der Waals surface area contributed by atoms with E-state index in [1.165, 1.54) is 0 Å². The summed E-state index contributed by atoms with van der Waals surface area (Å²) in [6.07, 6.45) is 2.27. The summed E-state index contributed by atoms with van der Waals surface area (Å²) in [6, 6.07) is 0. The van der Waals surface area contributed by atoms with Crippen LogP contribution in [0.2, 0.25) is 8.57 Å². The first-order chi connectivity index (χ1) is 13.6. The summed E-state index contributed by atoms with van der Waals surface area (Å²) in [4.78, 5) is 0. The van der Waals surface area contributed by atoms with Gasteiger partial charge in [0.15, 0.2) is 58.6 Å². The first kappa shape index (κ1) is 29.0. The third kappa shape index (κ3) is 12.6. The molecular weight excluding hydrogens is 461 g/mol. The van der Waals surface area contributed by atoms with Gasteiger partial charge in [0, 0.05) is 64.3 Å². The number of hydrogen-bond acceptors (Lipinski definition) is 8. The van der Waals surface area contributed by atoms with Crippen molar-refractivity contribution in [2.45, 2.75) is 21.4 Å². The van der Waals surface area contributed by atoms with Gasteiger partial charge in [-0.25, -0.2) is 0 Å². The normalized spacial score (nSPS) is 18.6. The molecule has 0 aliphatic rings. The Hall–Kier alpha value is 0.981. The van der Waals surface area contributed by atoms with Gasteiger partial charge >= 0.3 is 0 Å². The first-order valence-corrected chi connectivity index (χ1v) is 17.6. The van der Waals surface area contributed by atoms with Crippen LogP contribution in [-0.2, 0) is 26.6 Å². The molecule has 0 aliphatic carbocycles. The highest BCUT2D eigenvalue weighted by Crippen LogP contribution is 2.27. The Bertz CT molecular complexity index is 298. The molecule has 8 nitrogen and oxygen atoms in total. The van der Waals surface area contributed by atoms with Gasteiger partial charge in [0.25, 0.3) is 0 Å². The summed E-state index contributed by atoms with van der Waals surface area (Å²) in [7, 11) is 7.52. The number of rotatable bonds is 21. The predicted molar refractivity (Wildman–Crippen MR) is 134 cm³/mol. The second-order valence-electron chi connectivity index (χ2n) is 7.60. The van der Waals surface area contributed by atoms with E-state index in [0.29, 0.717) is 8.57 Å². The largest absolute Gasteiger partial charge is 0.427 e. The van der Waals surface area contributed by atoms with Gasteiger partial charge in [-0.3, -0.25) is 0 Å². The summed E-state index contributed by atoms with van der Waals surface area (Å²) < 4.78 is 34.2. The number of nitrogens with one attached hydrogen (secondary N) is 2. The molecule has 14 heteroatoms. The third-order valence-electron chi connectivity index (χ3n) is 4.85. The Kier molecular flexibility index (Phi) is 19.4. The minimum Gasteiger partial charge on any atom is -0.427 e. The Morgan fingerprint density at radius 3 is 0.929 bits per heavy atom. The zero-order chi connectivity index (χ0) is 21.1. The smallest absolute Gasteiger partial charge is 0.165 e. The summed E-state index contributed by atoms with van der Waals surface area (Å²) in [5, 5.41) is 7.16. The second kappa shape index (κ2) is 18.7. The van der Waals surface area contributed by atoms with E-state index in [1.807, 2.05) is 42.7 Å². The van der Waals surface area contributed by atoms with Crippen LogP contribution >= 0.6 is 0 Å². The van der Waals surface area contributed by atoms with Crippen LogP contribution in [0.15, 0.2) is 0 Å². The lowest BCUT2D eigenvalue weighted by molar-refractivity contribution is 0.380. The maximum Gasteiger partial charge on any atom is 0.165 e. The average molecular weight is 505 g/mol. The van der Waals surface area contributed by atoms with Gasteiger partial charge in [-0.2, -0.15) is 0 Å². The van der Waals surface area contributed by atoms with Crippen molar-refractivity contribution in [3.63, 3.8) is 0 Å². The zero-order valence-corrected chi connectivity index (χ0v) is 27.4. The summed E-state index contributed by atoms with van der Waals surface area (Å²) in [6.45, 7) is 3.98. The zero-order valence-electron chi connectivity index (χ0n) is 18.9. The van der Waals surface area contributed by atoms with Gasteiger partial charge in [0.2, 0.25) is 0 Å². The van der Waals surface area contributed by atoms with Crippen LogP contribution in [0, 0.1) is 0 Å². The van der Waals surface area contributed by atoms with E-state index in [2.05, 4.69) is 10.6 Å². The van der Waals surface area contributed by atoms with Crippen LogP contribution in [0.4, 0.5) is 0 Å². The maximum absolute atomic E-state index is 5.60. The highest BCUT2D eigenvalue weighted by atomic mass is 28.4. The van der Waals surface area contributed by atoms with Gasteiger partial charge in [-0.15, -0.1) is 0 Å². The molecule has 0 heterocycles. The van der Waals surface area contributed by atoms with Gasteiger partial charge in [-0.05, 0) is 25.9 Å². The predicted octanol–water partition coefficient (Wildman–Crippen LogP) is -4.53. The van der Waals surface area contributed by atoms with Crippen molar-refractivity contribution in [3.8, 4) is 0 Å². The molecule has 0 bridgehead atoms. The van der Waals surface area contributed by atoms with Crippen LogP contribution in [0.25, 0.3) is 0 Å². The molecule has 0 rings (SSSR count). The average Bonchev–Trinajstić information content (AvgIpc) is 2.65. The molecule has 0 radical (unpaired) electrons. The van der Waals surface area contributed by atoms with Crippen molar-refractivity contribution in [3.05, 3.63) is 0 Å². The molecule has 0 aromatic rings. The molecule has 0 aromatic carbocycles. The molecule has 0 unspecified atom stereocenters. The molecule has 0 saturated heterocycles. The van der Waals surface area contributed by atoms with Crippen LogP contribution in [0.1, 0.15) is 12.8 Å². The molecule has 0 spiro atoms. The highest BCUT2D eigenvalue weighted by molar-refractivity contribution is 6.74. The van der Waals surface area contributed by atoms with Crippen molar-refractivity contribution < 1.29 is 26.6 Å². The highest BCUT2D eigenvalue weighted by Gasteiger charge is 2.33. The van der Waals surface area contributed by atoms with E-state index >= 15 is 0 Å². The van der Waals surface area contributed by atoms with Crippen molar-refractivity contribution in [2.75, 3.05) is 68.8 Å². The quantitative estimate of drug-likeness (QED) is 0.120. The van der Waals surface area contributed by atoms with Crippen LogP contribution in [-0.4, -0.2) is 127 Å². The van der Waals surface area contributed by atoms with Crippen LogP contribution in [0.5, 0.6) is 0 Å². The van der Waals surface area contributed by atoms with Crippen LogP contribution < -0.4 is 10.6 Å². The molecule has 0 saturated carbocycles. The minimum absolute atomic E-state index is 0.318. The number of hydrogen-bond donors (Lipinski definition) is 2. The van der Waals surface area contributed by atoms with Crippen LogP contribution in [0.3, 0.4) is 0 Å². The fourth-order valence-corrected chi connectivity index (χ4v) is 18.6. The van der Waals surface area contributed by atoms with E-state index in [0.717, 1.165) is 39.0 Å². The summed E-state index contributed by atoms with van der Waals surface area (Å²) in [5.74, 6) is 0. The lowest BCUT2D eigenvalue weighted by Crippen LogP contribution is -2.41. The SMILES string of the molecule is CO[SiH2]C(CCNCCNCCC([SiH2]OC)([SiH2]OC)[SiH2]OC)([SiH2]OC)[SiH2]OC. The molecule has 170 valence electrons. The van der Waals surface area contributed by atoms with E-state index in [4.69, 9.17) is 26.6 Å². The van der Waals surface area contributed by atoms with E-state index < -0.39 is 58.6 Å². The molecule has 0 amide bonds. The molecule has 2 N–H and O–H groups in total. The monoisotopic (exact) mass is 504 g/mol. The topological polar surface area (TPSA) is 79.4 Å². The second-order valence-corrected chi connectivity index (χ2v) is 27.8.